The Morgan fingerprint density at radius 3 is 3.06 bits per heavy atom. The fourth-order valence-corrected chi connectivity index (χ4v) is 2.55. The third-order valence-electron chi connectivity index (χ3n) is 3.53. The SMILES string of the molecule is C=CC(C)(CNC)CC1Cc2cc(F)ccc2O1. The van der Waals surface area contributed by atoms with Crippen molar-refractivity contribution in [1.82, 2.24) is 5.32 Å². The molecule has 3 heteroatoms. The second-order valence-corrected chi connectivity index (χ2v) is 5.29. The van der Waals surface area contributed by atoms with Crippen molar-refractivity contribution in [1.29, 1.82) is 0 Å². The first-order chi connectivity index (χ1) is 8.56. The molecule has 0 saturated heterocycles. The van der Waals surface area contributed by atoms with Gasteiger partial charge in [0.1, 0.15) is 17.7 Å². The van der Waals surface area contributed by atoms with Crippen LogP contribution in [0, 0.1) is 11.2 Å². The maximum absolute atomic E-state index is 13.1. The van der Waals surface area contributed by atoms with E-state index in [9.17, 15) is 4.39 Å². The van der Waals surface area contributed by atoms with Gasteiger partial charge in [-0.05, 0) is 31.7 Å². The molecule has 1 aliphatic heterocycles. The quantitative estimate of drug-likeness (QED) is 0.810. The topological polar surface area (TPSA) is 21.3 Å². The molecule has 1 heterocycles. The van der Waals surface area contributed by atoms with Crippen molar-refractivity contribution in [3.63, 3.8) is 0 Å². The Morgan fingerprint density at radius 2 is 2.39 bits per heavy atom. The summed E-state index contributed by atoms with van der Waals surface area (Å²) in [5.74, 6) is 0.622. The predicted octanol–water partition coefficient (Wildman–Crippen LogP) is 2.93. The molecule has 1 aromatic rings. The first-order valence-corrected chi connectivity index (χ1v) is 6.29. The van der Waals surface area contributed by atoms with E-state index in [0.717, 1.165) is 30.7 Å². The summed E-state index contributed by atoms with van der Waals surface area (Å²) in [5, 5.41) is 3.18. The zero-order valence-electron chi connectivity index (χ0n) is 11.0. The van der Waals surface area contributed by atoms with Crippen LogP contribution in [-0.4, -0.2) is 19.7 Å². The standard InChI is InChI=1S/C15H20FNO/c1-4-15(2,10-17-3)9-13-8-11-7-12(16)5-6-14(11)18-13/h4-7,13,17H,1,8-10H2,2-3H3. The molecular weight excluding hydrogens is 229 g/mol. The van der Waals surface area contributed by atoms with E-state index in [1.807, 2.05) is 13.1 Å². The monoisotopic (exact) mass is 249 g/mol. The summed E-state index contributed by atoms with van der Waals surface area (Å²) in [4.78, 5) is 0. The number of rotatable bonds is 5. The number of halogens is 1. The molecule has 98 valence electrons. The van der Waals surface area contributed by atoms with Gasteiger partial charge in [0.15, 0.2) is 0 Å². The minimum atomic E-state index is -0.195. The van der Waals surface area contributed by atoms with E-state index in [1.54, 1.807) is 12.1 Å². The number of hydrogen-bond donors (Lipinski definition) is 1. The highest BCUT2D eigenvalue weighted by Crippen LogP contribution is 2.35. The van der Waals surface area contributed by atoms with Crippen LogP contribution < -0.4 is 10.1 Å². The first kappa shape index (κ1) is 13.1. The summed E-state index contributed by atoms with van der Waals surface area (Å²) < 4.78 is 19.0. The summed E-state index contributed by atoms with van der Waals surface area (Å²) >= 11 is 0. The molecule has 0 fully saturated rings. The molecule has 0 saturated carbocycles. The predicted molar refractivity (Wildman–Crippen MR) is 71.4 cm³/mol. The van der Waals surface area contributed by atoms with Crippen molar-refractivity contribution >= 4 is 0 Å². The number of ether oxygens (including phenoxy) is 1. The van der Waals surface area contributed by atoms with E-state index in [-0.39, 0.29) is 17.3 Å². The lowest BCUT2D eigenvalue weighted by Gasteiger charge is -2.28. The Balaban J connectivity index is 2.05. The molecule has 0 spiro atoms. The van der Waals surface area contributed by atoms with Gasteiger partial charge >= 0.3 is 0 Å². The molecule has 1 aliphatic rings. The van der Waals surface area contributed by atoms with Crippen molar-refractivity contribution in [3.05, 3.63) is 42.2 Å². The van der Waals surface area contributed by atoms with Gasteiger partial charge in [0.25, 0.3) is 0 Å². The molecule has 1 N–H and O–H groups in total. The maximum Gasteiger partial charge on any atom is 0.123 e. The summed E-state index contributed by atoms with van der Waals surface area (Å²) in [7, 11) is 1.93. The highest BCUT2D eigenvalue weighted by atomic mass is 19.1. The van der Waals surface area contributed by atoms with Crippen LogP contribution in [0.5, 0.6) is 5.75 Å². The molecule has 0 amide bonds. The number of hydrogen-bond acceptors (Lipinski definition) is 2. The number of fused-ring (bicyclic) bond motifs is 1. The van der Waals surface area contributed by atoms with Crippen molar-refractivity contribution in [2.75, 3.05) is 13.6 Å². The van der Waals surface area contributed by atoms with Crippen LogP contribution in [0.25, 0.3) is 0 Å². The van der Waals surface area contributed by atoms with Gasteiger partial charge in [0, 0.05) is 23.9 Å². The van der Waals surface area contributed by atoms with Crippen LogP contribution in [-0.2, 0) is 6.42 Å². The van der Waals surface area contributed by atoms with E-state index in [4.69, 9.17) is 4.74 Å². The Labute approximate surface area is 108 Å². The van der Waals surface area contributed by atoms with Crippen molar-refractivity contribution in [2.45, 2.75) is 25.9 Å². The Kier molecular flexibility index (Phi) is 3.71. The molecule has 1 aromatic carbocycles. The minimum absolute atomic E-state index is 0.00000413. The van der Waals surface area contributed by atoms with Gasteiger partial charge in [-0.15, -0.1) is 6.58 Å². The zero-order chi connectivity index (χ0) is 13.2. The summed E-state index contributed by atoms with van der Waals surface area (Å²) in [5.41, 5.74) is 0.968. The van der Waals surface area contributed by atoms with Gasteiger partial charge in [-0.3, -0.25) is 0 Å². The largest absolute Gasteiger partial charge is 0.490 e. The van der Waals surface area contributed by atoms with Gasteiger partial charge in [-0.1, -0.05) is 13.0 Å². The summed E-state index contributed by atoms with van der Waals surface area (Å²) in [6, 6.07) is 4.73. The molecular formula is C15H20FNO. The first-order valence-electron chi connectivity index (χ1n) is 6.29. The highest BCUT2D eigenvalue weighted by Gasteiger charge is 2.30. The third-order valence-corrected chi connectivity index (χ3v) is 3.53. The molecule has 2 rings (SSSR count). The average molecular weight is 249 g/mol. The molecule has 18 heavy (non-hydrogen) atoms. The molecule has 2 atom stereocenters. The van der Waals surface area contributed by atoms with E-state index in [0.29, 0.717) is 0 Å². The van der Waals surface area contributed by atoms with Crippen LogP contribution >= 0.6 is 0 Å². The van der Waals surface area contributed by atoms with Crippen LogP contribution in [0.2, 0.25) is 0 Å². The van der Waals surface area contributed by atoms with Crippen LogP contribution in [0.4, 0.5) is 4.39 Å². The third kappa shape index (κ3) is 2.72. The molecule has 0 radical (unpaired) electrons. The second kappa shape index (κ2) is 5.11. The number of nitrogens with one attached hydrogen (secondary N) is 1. The normalized spacial score (nSPS) is 20.9. The van der Waals surface area contributed by atoms with Gasteiger partial charge in [-0.25, -0.2) is 4.39 Å². The van der Waals surface area contributed by atoms with E-state index >= 15 is 0 Å². The van der Waals surface area contributed by atoms with Crippen molar-refractivity contribution in [2.24, 2.45) is 5.41 Å². The van der Waals surface area contributed by atoms with Crippen molar-refractivity contribution in [3.8, 4) is 5.75 Å². The molecule has 2 unspecified atom stereocenters. The highest BCUT2D eigenvalue weighted by molar-refractivity contribution is 5.38. The molecule has 0 bridgehead atoms. The molecule has 0 aromatic heterocycles. The Bertz CT molecular complexity index is 446. The lowest BCUT2D eigenvalue weighted by atomic mass is 9.83. The fourth-order valence-electron chi connectivity index (χ4n) is 2.55. The Hall–Kier alpha value is -1.35. The summed E-state index contributed by atoms with van der Waals surface area (Å²) in [6.45, 7) is 6.92. The smallest absolute Gasteiger partial charge is 0.123 e. The minimum Gasteiger partial charge on any atom is -0.490 e. The Morgan fingerprint density at radius 1 is 1.61 bits per heavy atom. The van der Waals surface area contributed by atoms with Crippen LogP contribution in [0.15, 0.2) is 30.9 Å². The van der Waals surface area contributed by atoms with E-state index < -0.39 is 0 Å². The zero-order valence-corrected chi connectivity index (χ0v) is 11.0. The van der Waals surface area contributed by atoms with Crippen molar-refractivity contribution < 1.29 is 9.13 Å². The van der Waals surface area contributed by atoms with Crippen LogP contribution in [0.3, 0.4) is 0 Å². The van der Waals surface area contributed by atoms with Gasteiger partial charge in [0.05, 0.1) is 0 Å². The average Bonchev–Trinajstić information content (AvgIpc) is 2.70. The lowest BCUT2D eigenvalue weighted by molar-refractivity contribution is 0.171. The lowest BCUT2D eigenvalue weighted by Crippen LogP contribution is -2.33. The van der Waals surface area contributed by atoms with Gasteiger partial charge in [-0.2, -0.15) is 0 Å². The fraction of sp³-hybridized carbons (Fsp3) is 0.467. The molecule has 0 aliphatic carbocycles. The molecule has 2 nitrogen and oxygen atoms in total. The van der Waals surface area contributed by atoms with E-state index in [2.05, 4.69) is 18.8 Å². The number of benzene rings is 1. The summed E-state index contributed by atoms with van der Waals surface area (Å²) in [6.07, 6.45) is 3.74. The van der Waals surface area contributed by atoms with E-state index in [1.165, 1.54) is 6.07 Å². The van der Waals surface area contributed by atoms with Crippen LogP contribution in [0.1, 0.15) is 18.9 Å². The van der Waals surface area contributed by atoms with Gasteiger partial charge in [0.2, 0.25) is 0 Å². The maximum atomic E-state index is 13.1. The second-order valence-electron chi connectivity index (χ2n) is 5.29. The van der Waals surface area contributed by atoms with Gasteiger partial charge < -0.3 is 10.1 Å².